The fraction of sp³-hybridized carbons (Fsp3) is 0.600. The van der Waals surface area contributed by atoms with Crippen LogP contribution >= 0.6 is 0 Å². The lowest BCUT2D eigenvalue weighted by atomic mass is 9.93. The maximum atomic E-state index is 13.7. The molecular formula is C15H23F2NO. The Kier molecular flexibility index (Phi) is 6.38. The van der Waals surface area contributed by atoms with Crippen molar-refractivity contribution in [2.45, 2.75) is 39.3 Å². The van der Waals surface area contributed by atoms with E-state index in [1.807, 2.05) is 14.0 Å². The summed E-state index contributed by atoms with van der Waals surface area (Å²) in [4.78, 5) is 0. The molecule has 0 saturated heterocycles. The fourth-order valence-corrected chi connectivity index (χ4v) is 2.28. The van der Waals surface area contributed by atoms with Gasteiger partial charge in [0, 0.05) is 12.6 Å². The molecule has 0 radical (unpaired) electrons. The van der Waals surface area contributed by atoms with E-state index in [-0.39, 0.29) is 18.0 Å². The highest BCUT2D eigenvalue weighted by Gasteiger charge is 2.25. The van der Waals surface area contributed by atoms with Crippen molar-refractivity contribution < 1.29 is 13.5 Å². The van der Waals surface area contributed by atoms with Crippen molar-refractivity contribution >= 4 is 0 Å². The first-order chi connectivity index (χ1) is 8.99. The van der Waals surface area contributed by atoms with Crippen LogP contribution in [0.2, 0.25) is 0 Å². The molecule has 0 bridgehead atoms. The predicted molar refractivity (Wildman–Crippen MR) is 73.2 cm³/mol. The lowest BCUT2D eigenvalue weighted by molar-refractivity contribution is 0.00517. The zero-order valence-corrected chi connectivity index (χ0v) is 12.0. The molecule has 1 aromatic carbocycles. The van der Waals surface area contributed by atoms with Gasteiger partial charge in [0.25, 0.3) is 0 Å². The highest BCUT2D eigenvalue weighted by molar-refractivity contribution is 5.20. The van der Waals surface area contributed by atoms with Gasteiger partial charge in [-0.15, -0.1) is 0 Å². The van der Waals surface area contributed by atoms with Crippen molar-refractivity contribution in [2.75, 3.05) is 13.7 Å². The molecule has 0 aliphatic heterocycles. The Hall–Kier alpha value is -1.00. The van der Waals surface area contributed by atoms with Gasteiger partial charge in [-0.25, -0.2) is 8.78 Å². The fourth-order valence-electron chi connectivity index (χ4n) is 2.28. The number of ether oxygens (including phenoxy) is 1. The second-order valence-electron chi connectivity index (χ2n) is 5.00. The largest absolute Gasteiger partial charge is 0.377 e. The Labute approximate surface area is 114 Å². The van der Waals surface area contributed by atoms with E-state index in [9.17, 15) is 8.78 Å². The van der Waals surface area contributed by atoms with E-state index in [4.69, 9.17) is 4.74 Å². The summed E-state index contributed by atoms with van der Waals surface area (Å²) in [5.74, 6) is -0.488. The van der Waals surface area contributed by atoms with Crippen LogP contribution in [0.5, 0.6) is 0 Å². The Morgan fingerprint density at radius 3 is 2.47 bits per heavy atom. The van der Waals surface area contributed by atoms with E-state index in [1.165, 1.54) is 12.1 Å². The van der Waals surface area contributed by atoms with E-state index >= 15 is 0 Å². The van der Waals surface area contributed by atoms with E-state index in [0.29, 0.717) is 24.5 Å². The quantitative estimate of drug-likeness (QED) is 0.822. The minimum absolute atomic E-state index is 0.0299. The zero-order chi connectivity index (χ0) is 14.4. The standard InChI is InChI=1S/C15H23F2NO/c1-5-19-15(10(2)3)14(18-4)9-11-8-12(16)6-7-13(11)17/h6-8,10,14-15,18H,5,9H2,1-4H3. The molecule has 0 aliphatic carbocycles. The van der Waals surface area contributed by atoms with E-state index in [1.54, 1.807) is 0 Å². The van der Waals surface area contributed by atoms with E-state index in [0.717, 1.165) is 6.07 Å². The highest BCUT2D eigenvalue weighted by Crippen LogP contribution is 2.18. The van der Waals surface area contributed by atoms with E-state index < -0.39 is 5.82 Å². The molecule has 2 nitrogen and oxygen atoms in total. The van der Waals surface area contributed by atoms with Gasteiger partial charge in [-0.2, -0.15) is 0 Å². The second kappa shape index (κ2) is 7.56. The molecule has 4 heteroatoms. The average Bonchev–Trinajstić information content (AvgIpc) is 2.37. The van der Waals surface area contributed by atoms with Crippen molar-refractivity contribution in [1.82, 2.24) is 5.32 Å². The molecule has 2 atom stereocenters. The number of benzene rings is 1. The van der Waals surface area contributed by atoms with Crippen LogP contribution in [-0.2, 0) is 11.2 Å². The van der Waals surface area contributed by atoms with Gasteiger partial charge in [0.1, 0.15) is 11.6 Å². The SMILES string of the molecule is CCOC(C(C)C)C(Cc1cc(F)ccc1F)NC. The van der Waals surface area contributed by atoms with Crippen LogP contribution in [0.4, 0.5) is 8.78 Å². The summed E-state index contributed by atoms with van der Waals surface area (Å²) in [5, 5.41) is 3.15. The van der Waals surface area contributed by atoms with Crippen LogP contribution in [-0.4, -0.2) is 25.8 Å². The monoisotopic (exact) mass is 271 g/mol. The third kappa shape index (κ3) is 4.55. The molecule has 108 valence electrons. The minimum atomic E-state index is -0.413. The predicted octanol–water partition coefficient (Wildman–Crippen LogP) is 3.16. The third-order valence-corrected chi connectivity index (χ3v) is 3.23. The van der Waals surface area contributed by atoms with Gasteiger partial charge < -0.3 is 10.1 Å². The molecule has 0 amide bonds. The number of nitrogens with one attached hydrogen (secondary N) is 1. The molecule has 2 unspecified atom stereocenters. The number of likely N-dealkylation sites (N-methyl/N-ethyl adjacent to an activating group) is 1. The molecular weight excluding hydrogens is 248 g/mol. The van der Waals surface area contributed by atoms with E-state index in [2.05, 4.69) is 19.2 Å². The lowest BCUT2D eigenvalue weighted by Crippen LogP contribution is -2.44. The Morgan fingerprint density at radius 2 is 1.95 bits per heavy atom. The van der Waals surface area contributed by atoms with Gasteiger partial charge in [-0.1, -0.05) is 13.8 Å². The molecule has 0 aliphatic rings. The smallest absolute Gasteiger partial charge is 0.126 e. The first kappa shape index (κ1) is 16.1. The summed E-state index contributed by atoms with van der Waals surface area (Å²) < 4.78 is 32.6. The van der Waals surface area contributed by atoms with Crippen LogP contribution in [0.1, 0.15) is 26.3 Å². The maximum absolute atomic E-state index is 13.7. The van der Waals surface area contributed by atoms with Gasteiger partial charge in [-0.05, 0) is 50.1 Å². The summed E-state index contributed by atoms with van der Waals surface area (Å²) in [6.45, 7) is 6.66. The first-order valence-electron chi connectivity index (χ1n) is 6.72. The van der Waals surface area contributed by atoms with Crippen LogP contribution in [0.25, 0.3) is 0 Å². The van der Waals surface area contributed by atoms with Crippen molar-refractivity contribution in [3.63, 3.8) is 0 Å². The van der Waals surface area contributed by atoms with Crippen LogP contribution in [0.3, 0.4) is 0 Å². The lowest BCUT2D eigenvalue weighted by Gasteiger charge is -2.30. The summed E-state index contributed by atoms with van der Waals surface area (Å²) >= 11 is 0. The van der Waals surface area contributed by atoms with Crippen LogP contribution < -0.4 is 5.32 Å². The normalized spacial score (nSPS) is 14.7. The molecule has 0 heterocycles. The molecule has 1 rings (SSSR count). The van der Waals surface area contributed by atoms with Gasteiger partial charge >= 0.3 is 0 Å². The third-order valence-electron chi connectivity index (χ3n) is 3.23. The molecule has 0 aromatic heterocycles. The van der Waals surface area contributed by atoms with Crippen molar-refractivity contribution in [3.8, 4) is 0 Å². The summed E-state index contributed by atoms with van der Waals surface area (Å²) in [7, 11) is 1.82. The molecule has 1 aromatic rings. The van der Waals surface area contributed by atoms with Gasteiger partial charge in [0.15, 0.2) is 0 Å². The first-order valence-corrected chi connectivity index (χ1v) is 6.72. The topological polar surface area (TPSA) is 21.3 Å². The number of hydrogen-bond acceptors (Lipinski definition) is 2. The van der Waals surface area contributed by atoms with Crippen LogP contribution in [0, 0.1) is 17.6 Å². The second-order valence-corrected chi connectivity index (χ2v) is 5.00. The van der Waals surface area contributed by atoms with Gasteiger partial charge in [0.2, 0.25) is 0 Å². The summed E-state index contributed by atoms with van der Waals surface area (Å²) in [6.07, 6.45) is 0.376. The van der Waals surface area contributed by atoms with Gasteiger partial charge in [-0.3, -0.25) is 0 Å². The van der Waals surface area contributed by atoms with Crippen molar-refractivity contribution in [2.24, 2.45) is 5.92 Å². The molecule has 19 heavy (non-hydrogen) atoms. The van der Waals surface area contributed by atoms with Crippen molar-refractivity contribution in [1.29, 1.82) is 0 Å². The summed E-state index contributed by atoms with van der Waals surface area (Å²) in [5.41, 5.74) is 0.379. The highest BCUT2D eigenvalue weighted by atomic mass is 19.1. The number of halogens is 2. The number of hydrogen-bond donors (Lipinski definition) is 1. The van der Waals surface area contributed by atoms with Gasteiger partial charge in [0.05, 0.1) is 6.10 Å². The summed E-state index contributed by atoms with van der Waals surface area (Å²) in [6, 6.07) is 3.51. The minimum Gasteiger partial charge on any atom is -0.377 e. The zero-order valence-electron chi connectivity index (χ0n) is 12.0. The molecule has 0 spiro atoms. The molecule has 0 saturated carbocycles. The molecule has 0 fully saturated rings. The van der Waals surface area contributed by atoms with Crippen LogP contribution in [0.15, 0.2) is 18.2 Å². The Morgan fingerprint density at radius 1 is 1.26 bits per heavy atom. The Bertz CT molecular complexity index is 396. The average molecular weight is 271 g/mol. The van der Waals surface area contributed by atoms with Crippen molar-refractivity contribution in [3.05, 3.63) is 35.4 Å². The maximum Gasteiger partial charge on any atom is 0.126 e. The number of rotatable bonds is 7. The Balaban J connectivity index is 2.88. The molecule has 1 N–H and O–H groups in total.